The Hall–Kier alpha value is -1.99. The summed E-state index contributed by atoms with van der Waals surface area (Å²) in [6, 6.07) is 3.34. The predicted octanol–water partition coefficient (Wildman–Crippen LogP) is 2.40. The van der Waals surface area contributed by atoms with Gasteiger partial charge in [-0.1, -0.05) is 0 Å². The molecule has 0 bridgehead atoms. The van der Waals surface area contributed by atoms with E-state index in [0.29, 0.717) is 62.4 Å². The summed E-state index contributed by atoms with van der Waals surface area (Å²) in [6.45, 7) is 8.61. The Bertz CT molecular complexity index is 585. The van der Waals surface area contributed by atoms with Crippen LogP contribution in [0.5, 0.6) is 17.2 Å². The van der Waals surface area contributed by atoms with Crippen LogP contribution in [0.25, 0.3) is 0 Å². The Labute approximate surface area is 160 Å². The molecule has 27 heavy (non-hydrogen) atoms. The number of hydrogen-bond acceptors (Lipinski definition) is 6. The number of aliphatic hydroxyl groups is 1. The van der Waals surface area contributed by atoms with Crippen molar-refractivity contribution < 1.29 is 28.8 Å². The second-order valence-electron chi connectivity index (χ2n) is 6.55. The standard InChI is InChI=1S/C20H31NO6/c1-4-25-16-11-15(12-17(26-5-2)18(16)27-6-3)19(23)21-13-20(14-22)7-9-24-10-8-20/h11-12,22H,4-10,13-14H2,1-3H3,(H,21,23). The molecule has 152 valence electrons. The topological polar surface area (TPSA) is 86.3 Å². The smallest absolute Gasteiger partial charge is 0.251 e. The van der Waals surface area contributed by atoms with Crippen LogP contribution < -0.4 is 19.5 Å². The van der Waals surface area contributed by atoms with Crippen LogP contribution in [0.3, 0.4) is 0 Å². The molecule has 1 amide bonds. The Morgan fingerprint density at radius 1 is 1.07 bits per heavy atom. The fraction of sp³-hybridized carbons (Fsp3) is 0.650. The van der Waals surface area contributed by atoms with Gasteiger partial charge in [-0.15, -0.1) is 0 Å². The summed E-state index contributed by atoms with van der Waals surface area (Å²) in [7, 11) is 0. The molecule has 0 aliphatic carbocycles. The molecule has 1 fully saturated rings. The zero-order valence-electron chi connectivity index (χ0n) is 16.5. The predicted molar refractivity (Wildman–Crippen MR) is 102 cm³/mol. The number of nitrogens with one attached hydrogen (secondary N) is 1. The van der Waals surface area contributed by atoms with Gasteiger partial charge in [-0.3, -0.25) is 4.79 Å². The van der Waals surface area contributed by atoms with Gasteiger partial charge in [0.1, 0.15) is 0 Å². The molecule has 1 aromatic rings. The maximum Gasteiger partial charge on any atom is 0.251 e. The molecule has 1 aromatic carbocycles. The van der Waals surface area contributed by atoms with E-state index in [-0.39, 0.29) is 17.9 Å². The highest BCUT2D eigenvalue weighted by Crippen LogP contribution is 2.39. The summed E-state index contributed by atoms with van der Waals surface area (Å²) >= 11 is 0. The van der Waals surface area contributed by atoms with Gasteiger partial charge in [0.15, 0.2) is 11.5 Å². The van der Waals surface area contributed by atoms with E-state index in [2.05, 4.69) is 5.32 Å². The lowest BCUT2D eigenvalue weighted by Crippen LogP contribution is -2.43. The number of carbonyl (C=O) groups excluding carboxylic acids is 1. The van der Waals surface area contributed by atoms with Crippen LogP contribution in [0.4, 0.5) is 0 Å². The second kappa shape index (κ2) is 10.4. The van der Waals surface area contributed by atoms with Crippen LogP contribution in [-0.2, 0) is 4.74 Å². The normalized spacial score (nSPS) is 15.9. The largest absolute Gasteiger partial charge is 0.490 e. The van der Waals surface area contributed by atoms with Crippen molar-refractivity contribution in [1.82, 2.24) is 5.32 Å². The molecule has 0 atom stereocenters. The van der Waals surface area contributed by atoms with Crippen LogP contribution in [0, 0.1) is 5.41 Å². The summed E-state index contributed by atoms with van der Waals surface area (Å²) in [5, 5.41) is 12.7. The summed E-state index contributed by atoms with van der Waals surface area (Å²) in [5.41, 5.74) is 0.107. The highest BCUT2D eigenvalue weighted by molar-refractivity contribution is 5.95. The third-order valence-electron chi connectivity index (χ3n) is 4.68. The number of amides is 1. The minimum absolute atomic E-state index is 0.0221. The molecule has 2 N–H and O–H groups in total. The lowest BCUT2D eigenvalue weighted by molar-refractivity contribution is -0.0146. The lowest BCUT2D eigenvalue weighted by Gasteiger charge is -2.35. The molecule has 1 saturated heterocycles. The van der Waals surface area contributed by atoms with Crippen LogP contribution >= 0.6 is 0 Å². The van der Waals surface area contributed by atoms with Gasteiger partial charge in [0.2, 0.25) is 5.75 Å². The SMILES string of the molecule is CCOc1cc(C(=O)NCC2(CO)CCOCC2)cc(OCC)c1OCC. The van der Waals surface area contributed by atoms with E-state index in [1.165, 1.54) is 0 Å². The van der Waals surface area contributed by atoms with Crippen molar-refractivity contribution in [3.8, 4) is 17.2 Å². The first kappa shape index (κ1) is 21.3. The zero-order valence-corrected chi connectivity index (χ0v) is 16.5. The molecule has 7 heteroatoms. The number of rotatable bonds is 10. The molecule has 0 spiro atoms. The van der Waals surface area contributed by atoms with Crippen molar-refractivity contribution in [1.29, 1.82) is 0 Å². The van der Waals surface area contributed by atoms with Gasteiger partial charge in [0, 0.05) is 30.7 Å². The Balaban J connectivity index is 2.21. The quantitative estimate of drug-likeness (QED) is 0.647. The lowest BCUT2D eigenvalue weighted by atomic mass is 9.81. The average Bonchev–Trinajstić information content (AvgIpc) is 2.69. The molecular formula is C20H31NO6. The minimum atomic E-state index is -0.329. The summed E-state index contributed by atoms with van der Waals surface area (Å²) in [4.78, 5) is 12.8. The van der Waals surface area contributed by atoms with Gasteiger partial charge in [0.05, 0.1) is 26.4 Å². The van der Waals surface area contributed by atoms with E-state index in [1.807, 2.05) is 20.8 Å². The van der Waals surface area contributed by atoms with Crippen LogP contribution in [-0.4, -0.2) is 57.2 Å². The van der Waals surface area contributed by atoms with Gasteiger partial charge < -0.3 is 29.4 Å². The van der Waals surface area contributed by atoms with Gasteiger partial charge in [0.25, 0.3) is 5.91 Å². The molecular weight excluding hydrogens is 350 g/mol. The molecule has 2 rings (SSSR count). The third-order valence-corrected chi connectivity index (χ3v) is 4.68. The number of carbonyl (C=O) groups is 1. The molecule has 7 nitrogen and oxygen atoms in total. The van der Waals surface area contributed by atoms with Gasteiger partial charge in [-0.25, -0.2) is 0 Å². The van der Waals surface area contributed by atoms with Crippen LogP contribution in [0.2, 0.25) is 0 Å². The minimum Gasteiger partial charge on any atom is -0.490 e. The first-order chi connectivity index (χ1) is 13.1. The Morgan fingerprint density at radius 2 is 1.63 bits per heavy atom. The van der Waals surface area contributed by atoms with Gasteiger partial charge in [-0.2, -0.15) is 0 Å². The first-order valence-electron chi connectivity index (χ1n) is 9.62. The van der Waals surface area contributed by atoms with E-state index in [1.54, 1.807) is 12.1 Å². The summed E-state index contributed by atoms with van der Waals surface area (Å²) in [5.74, 6) is 1.24. The summed E-state index contributed by atoms with van der Waals surface area (Å²) < 4.78 is 22.4. The molecule has 1 aliphatic rings. The molecule has 1 aliphatic heterocycles. The van der Waals surface area contributed by atoms with E-state index in [9.17, 15) is 9.90 Å². The average molecular weight is 381 g/mol. The van der Waals surface area contributed by atoms with Crippen molar-refractivity contribution in [3.63, 3.8) is 0 Å². The fourth-order valence-electron chi connectivity index (χ4n) is 3.08. The van der Waals surface area contributed by atoms with Crippen molar-refractivity contribution in [2.45, 2.75) is 33.6 Å². The van der Waals surface area contributed by atoms with Crippen molar-refractivity contribution in [2.24, 2.45) is 5.41 Å². The zero-order chi connectivity index (χ0) is 19.7. The van der Waals surface area contributed by atoms with Crippen LogP contribution in [0.15, 0.2) is 12.1 Å². The van der Waals surface area contributed by atoms with Gasteiger partial charge in [-0.05, 0) is 45.7 Å². The highest BCUT2D eigenvalue weighted by Gasteiger charge is 2.32. The molecule has 0 unspecified atom stereocenters. The fourth-order valence-corrected chi connectivity index (χ4v) is 3.08. The van der Waals surface area contributed by atoms with Gasteiger partial charge >= 0.3 is 0 Å². The first-order valence-corrected chi connectivity index (χ1v) is 9.62. The third kappa shape index (κ3) is 5.49. The highest BCUT2D eigenvalue weighted by atomic mass is 16.5. The monoisotopic (exact) mass is 381 g/mol. The molecule has 0 radical (unpaired) electrons. The Morgan fingerprint density at radius 3 is 2.11 bits per heavy atom. The molecule has 0 saturated carbocycles. The van der Waals surface area contributed by atoms with E-state index in [0.717, 1.165) is 12.8 Å². The Kier molecular flexibility index (Phi) is 8.19. The molecule has 0 aromatic heterocycles. The van der Waals surface area contributed by atoms with Crippen molar-refractivity contribution in [3.05, 3.63) is 17.7 Å². The maximum absolute atomic E-state index is 12.8. The van der Waals surface area contributed by atoms with Crippen molar-refractivity contribution in [2.75, 3.05) is 46.2 Å². The number of benzene rings is 1. The number of aliphatic hydroxyl groups excluding tert-OH is 1. The second-order valence-corrected chi connectivity index (χ2v) is 6.55. The molecule has 1 heterocycles. The van der Waals surface area contributed by atoms with E-state index in [4.69, 9.17) is 18.9 Å². The van der Waals surface area contributed by atoms with Crippen molar-refractivity contribution >= 4 is 5.91 Å². The van der Waals surface area contributed by atoms with Crippen LogP contribution in [0.1, 0.15) is 44.0 Å². The van der Waals surface area contributed by atoms with E-state index >= 15 is 0 Å². The number of ether oxygens (including phenoxy) is 4. The van der Waals surface area contributed by atoms with E-state index < -0.39 is 0 Å². The summed E-state index contributed by atoms with van der Waals surface area (Å²) in [6.07, 6.45) is 1.45. The maximum atomic E-state index is 12.8. The number of hydrogen-bond donors (Lipinski definition) is 2.